The monoisotopic (exact) mass is 476 g/mol. The van der Waals surface area contributed by atoms with Crippen molar-refractivity contribution in [2.24, 2.45) is 11.3 Å². The van der Waals surface area contributed by atoms with Crippen LogP contribution in [0.4, 0.5) is 0 Å². The number of hydrogen-bond donors (Lipinski definition) is 2. The molecule has 34 heavy (non-hydrogen) atoms. The van der Waals surface area contributed by atoms with Crippen molar-refractivity contribution in [2.45, 2.75) is 51.0 Å². The number of allylic oxidation sites excluding steroid dienone is 5. The number of benzene rings is 2. The minimum atomic E-state index is -3.85. The second-order valence-electron chi connectivity index (χ2n) is 9.48. The topological polar surface area (TPSA) is 75.3 Å². The van der Waals surface area contributed by atoms with Crippen molar-refractivity contribution < 1.29 is 13.2 Å². The number of amides is 1. The molecule has 0 bridgehead atoms. The maximum absolute atomic E-state index is 13.4. The van der Waals surface area contributed by atoms with Crippen molar-refractivity contribution in [1.29, 1.82) is 0 Å². The van der Waals surface area contributed by atoms with Gasteiger partial charge in [-0.05, 0) is 48.1 Å². The van der Waals surface area contributed by atoms with Crippen LogP contribution in [0.2, 0.25) is 0 Å². The Hall–Kier alpha value is -3.12. The molecule has 5 nitrogen and oxygen atoms in total. The first-order valence-electron chi connectivity index (χ1n) is 11.8. The van der Waals surface area contributed by atoms with Crippen LogP contribution < -0.4 is 10.0 Å². The van der Waals surface area contributed by atoms with Gasteiger partial charge in [-0.15, -0.1) is 0 Å². The van der Waals surface area contributed by atoms with Crippen LogP contribution in [-0.2, 0) is 14.8 Å². The molecule has 2 N–H and O–H groups in total. The largest absolute Gasteiger partial charge is 0.348 e. The average Bonchev–Trinajstić information content (AvgIpc) is 2.82. The molecular weight excluding hydrogens is 444 g/mol. The van der Waals surface area contributed by atoms with Crippen molar-refractivity contribution in [2.75, 3.05) is 0 Å². The third-order valence-electron chi connectivity index (χ3n) is 6.77. The van der Waals surface area contributed by atoms with Gasteiger partial charge in [0.25, 0.3) is 15.9 Å². The van der Waals surface area contributed by atoms with Crippen LogP contribution in [-0.4, -0.2) is 20.4 Å². The molecule has 6 heteroatoms. The Bertz CT molecular complexity index is 1320. The van der Waals surface area contributed by atoms with Gasteiger partial charge in [0.2, 0.25) is 0 Å². The molecule has 2 unspecified atom stereocenters. The first-order valence-corrected chi connectivity index (χ1v) is 13.3. The number of nitrogens with one attached hydrogen (secondary N) is 2. The first kappa shape index (κ1) is 24.0. The smallest absolute Gasteiger partial charge is 0.261 e. The van der Waals surface area contributed by atoms with E-state index in [-0.39, 0.29) is 28.2 Å². The Kier molecular flexibility index (Phi) is 6.80. The van der Waals surface area contributed by atoms with E-state index in [9.17, 15) is 13.2 Å². The molecule has 0 radical (unpaired) electrons. The van der Waals surface area contributed by atoms with Crippen LogP contribution in [0, 0.1) is 11.3 Å². The molecule has 2 aliphatic rings. The van der Waals surface area contributed by atoms with Gasteiger partial charge < -0.3 is 5.32 Å². The zero-order valence-electron chi connectivity index (χ0n) is 19.9. The number of fused-ring (bicyclic) bond motifs is 1. The Morgan fingerprint density at radius 1 is 1.15 bits per heavy atom. The van der Waals surface area contributed by atoms with Gasteiger partial charge in [-0.1, -0.05) is 87.6 Å². The molecule has 2 aromatic rings. The summed E-state index contributed by atoms with van der Waals surface area (Å²) in [6.07, 6.45) is 14.0. The highest BCUT2D eigenvalue weighted by atomic mass is 32.2. The molecule has 0 spiro atoms. The summed E-state index contributed by atoms with van der Waals surface area (Å²) < 4.78 is 29.3. The van der Waals surface area contributed by atoms with Gasteiger partial charge in [0, 0.05) is 17.2 Å². The maximum atomic E-state index is 13.4. The van der Waals surface area contributed by atoms with Crippen molar-refractivity contribution >= 4 is 26.7 Å². The molecule has 4 rings (SSSR count). The van der Waals surface area contributed by atoms with E-state index in [1.54, 1.807) is 24.3 Å². The summed E-state index contributed by atoms with van der Waals surface area (Å²) in [4.78, 5) is 13.5. The molecule has 0 fully saturated rings. The van der Waals surface area contributed by atoms with Crippen LogP contribution in [0.1, 0.15) is 40.0 Å². The molecule has 0 heterocycles. The molecular formula is C28H32N2O3S. The first-order chi connectivity index (χ1) is 16.2. The number of sulfonamides is 1. The summed E-state index contributed by atoms with van der Waals surface area (Å²) >= 11 is 0. The molecule has 1 amide bonds. The summed E-state index contributed by atoms with van der Waals surface area (Å²) in [5.74, 6) is -0.132. The van der Waals surface area contributed by atoms with Crippen LogP contribution in [0.3, 0.4) is 0 Å². The third kappa shape index (κ3) is 5.02. The van der Waals surface area contributed by atoms with E-state index >= 15 is 0 Å². The molecule has 2 aliphatic carbocycles. The number of carbonyl (C=O) groups is 1. The van der Waals surface area contributed by atoms with Gasteiger partial charge in [-0.3, -0.25) is 9.52 Å². The Labute approximate surface area is 202 Å². The Balaban J connectivity index is 1.62. The minimum absolute atomic E-state index is 0.0696. The summed E-state index contributed by atoms with van der Waals surface area (Å²) in [7, 11) is -3.85. The van der Waals surface area contributed by atoms with Gasteiger partial charge in [0.15, 0.2) is 0 Å². The molecule has 0 saturated carbocycles. The highest BCUT2D eigenvalue weighted by Crippen LogP contribution is 2.33. The molecule has 178 valence electrons. The van der Waals surface area contributed by atoms with Crippen LogP contribution in [0.25, 0.3) is 10.8 Å². The number of carbonyl (C=O) groups excluding carboxylic acids is 1. The van der Waals surface area contributed by atoms with E-state index in [4.69, 9.17) is 0 Å². The Morgan fingerprint density at radius 3 is 2.62 bits per heavy atom. The van der Waals surface area contributed by atoms with E-state index in [2.05, 4.69) is 36.0 Å². The lowest BCUT2D eigenvalue weighted by atomic mass is 9.75. The normalized spacial score (nSPS) is 23.2. The SMILES string of the molecule is CC[C@H](NC(=O)C1=C(NS(=O)(=O)c2ccc3ccccc3c2)CC(C)C=C1)C1(C)C=CC=CC1. The van der Waals surface area contributed by atoms with Crippen LogP contribution in [0.15, 0.2) is 95.1 Å². The second-order valence-corrected chi connectivity index (χ2v) is 11.2. The summed E-state index contributed by atoms with van der Waals surface area (Å²) in [5.41, 5.74) is 0.621. The molecule has 3 atom stereocenters. The quantitative estimate of drug-likeness (QED) is 0.563. The van der Waals surface area contributed by atoms with Crippen LogP contribution >= 0.6 is 0 Å². The standard InChI is InChI=1S/C28H32N2O3S/c1-4-26(28(3)16-8-5-9-17-28)29-27(31)24-15-12-20(2)18-25(24)30-34(32,33)23-14-13-21-10-6-7-11-22(21)19-23/h5-16,19-20,26,30H,4,17-18H2,1-3H3,(H,29,31)/t20?,26-,28?/m0/s1. The fourth-order valence-corrected chi connectivity index (χ4v) is 5.86. The van der Waals surface area contributed by atoms with Gasteiger partial charge in [0.05, 0.1) is 10.5 Å². The average molecular weight is 477 g/mol. The third-order valence-corrected chi connectivity index (χ3v) is 8.16. The molecule has 0 aromatic heterocycles. The van der Waals surface area contributed by atoms with Gasteiger partial charge >= 0.3 is 0 Å². The van der Waals surface area contributed by atoms with Crippen molar-refractivity contribution in [3.05, 3.63) is 90.2 Å². The van der Waals surface area contributed by atoms with Gasteiger partial charge in [-0.25, -0.2) is 8.42 Å². The summed E-state index contributed by atoms with van der Waals surface area (Å²) in [6, 6.07) is 12.6. The van der Waals surface area contributed by atoms with Crippen molar-refractivity contribution in [3.63, 3.8) is 0 Å². The fourth-order valence-electron chi connectivity index (χ4n) is 4.70. The van der Waals surface area contributed by atoms with E-state index < -0.39 is 10.0 Å². The minimum Gasteiger partial charge on any atom is -0.348 e. The van der Waals surface area contributed by atoms with Crippen LogP contribution in [0.5, 0.6) is 0 Å². The fraction of sp³-hybridized carbons (Fsp3) is 0.321. The van der Waals surface area contributed by atoms with Crippen molar-refractivity contribution in [3.8, 4) is 0 Å². The molecule has 2 aromatic carbocycles. The zero-order valence-corrected chi connectivity index (χ0v) is 20.7. The number of rotatable bonds is 7. The predicted molar refractivity (Wildman–Crippen MR) is 137 cm³/mol. The highest BCUT2D eigenvalue weighted by Gasteiger charge is 2.33. The summed E-state index contributed by atoms with van der Waals surface area (Å²) in [5, 5.41) is 5.00. The van der Waals surface area contributed by atoms with Gasteiger partial charge in [-0.2, -0.15) is 0 Å². The zero-order chi connectivity index (χ0) is 24.3. The predicted octanol–water partition coefficient (Wildman–Crippen LogP) is 5.39. The Morgan fingerprint density at radius 2 is 1.91 bits per heavy atom. The van der Waals surface area contributed by atoms with E-state index in [0.29, 0.717) is 17.7 Å². The highest BCUT2D eigenvalue weighted by molar-refractivity contribution is 7.89. The lowest BCUT2D eigenvalue weighted by Gasteiger charge is -2.36. The van der Waals surface area contributed by atoms with Crippen molar-refractivity contribution in [1.82, 2.24) is 10.0 Å². The summed E-state index contributed by atoms with van der Waals surface area (Å²) in [6.45, 7) is 6.20. The van der Waals surface area contributed by atoms with E-state index in [1.165, 1.54) is 0 Å². The lowest BCUT2D eigenvalue weighted by molar-refractivity contribution is -0.118. The molecule has 0 aliphatic heterocycles. The number of hydrogen-bond acceptors (Lipinski definition) is 3. The lowest BCUT2D eigenvalue weighted by Crippen LogP contribution is -2.46. The van der Waals surface area contributed by atoms with E-state index in [1.807, 2.05) is 49.4 Å². The molecule has 0 saturated heterocycles. The van der Waals surface area contributed by atoms with E-state index in [0.717, 1.165) is 23.6 Å². The van der Waals surface area contributed by atoms with Gasteiger partial charge in [0.1, 0.15) is 0 Å². The second kappa shape index (κ2) is 9.63. The maximum Gasteiger partial charge on any atom is 0.261 e.